The summed E-state index contributed by atoms with van der Waals surface area (Å²) in [6.07, 6.45) is 4.51. The van der Waals surface area contributed by atoms with Crippen LogP contribution in [0.25, 0.3) is 0 Å². The predicted octanol–water partition coefficient (Wildman–Crippen LogP) is 1.46. The van der Waals surface area contributed by atoms with Crippen molar-refractivity contribution in [2.75, 3.05) is 13.2 Å². The van der Waals surface area contributed by atoms with Crippen LogP contribution >= 0.6 is 0 Å². The molecule has 0 aromatic carbocycles. The van der Waals surface area contributed by atoms with E-state index in [1.165, 1.54) is 13.1 Å². The Morgan fingerprint density at radius 3 is 2.82 bits per heavy atom. The summed E-state index contributed by atoms with van der Waals surface area (Å²) in [5, 5.41) is 0. The van der Waals surface area contributed by atoms with Crippen molar-refractivity contribution >= 4 is 17.0 Å². The summed E-state index contributed by atoms with van der Waals surface area (Å²) in [7, 11) is 0. The SMILES string of the molecule is CC(=O)OCCCCOS(=O)c1cccnc1. The van der Waals surface area contributed by atoms with Crippen LogP contribution in [0.1, 0.15) is 19.8 Å². The molecule has 6 heteroatoms. The van der Waals surface area contributed by atoms with Crippen molar-refractivity contribution in [1.82, 2.24) is 4.98 Å². The molecule has 0 N–H and O–H groups in total. The van der Waals surface area contributed by atoms with E-state index in [4.69, 9.17) is 8.92 Å². The quantitative estimate of drug-likeness (QED) is 0.546. The zero-order valence-electron chi connectivity index (χ0n) is 9.63. The van der Waals surface area contributed by atoms with Gasteiger partial charge in [-0.05, 0) is 25.0 Å². The molecule has 5 nitrogen and oxygen atoms in total. The number of carbonyl (C=O) groups is 1. The van der Waals surface area contributed by atoms with Crippen molar-refractivity contribution in [1.29, 1.82) is 0 Å². The van der Waals surface area contributed by atoms with Crippen LogP contribution in [0.15, 0.2) is 29.4 Å². The van der Waals surface area contributed by atoms with Gasteiger partial charge in [-0.1, -0.05) is 0 Å². The molecule has 1 aromatic rings. The molecule has 0 radical (unpaired) electrons. The minimum atomic E-state index is -1.47. The third-order valence-electron chi connectivity index (χ3n) is 1.86. The summed E-state index contributed by atoms with van der Waals surface area (Å²) in [5.74, 6) is -0.287. The smallest absolute Gasteiger partial charge is 0.302 e. The molecule has 94 valence electrons. The van der Waals surface area contributed by atoms with Crippen molar-refractivity contribution in [2.45, 2.75) is 24.7 Å². The van der Waals surface area contributed by atoms with Crippen molar-refractivity contribution in [3.05, 3.63) is 24.5 Å². The molecule has 1 rings (SSSR count). The first kappa shape index (κ1) is 13.8. The molecule has 1 aromatic heterocycles. The molecule has 1 unspecified atom stereocenters. The molecule has 0 amide bonds. The molecule has 1 heterocycles. The molecule has 17 heavy (non-hydrogen) atoms. The van der Waals surface area contributed by atoms with Gasteiger partial charge < -0.3 is 4.74 Å². The Hall–Kier alpha value is -1.27. The lowest BCUT2D eigenvalue weighted by Crippen LogP contribution is -2.04. The van der Waals surface area contributed by atoms with E-state index < -0.39 is 11.1 Å². The summed E-state index contributed by atoms with van der Waals surface area (Å²) < 4.78 is 21.4. The van der Waals surface area contributed by atoms with Gasteiger partial charge in [0.15, 0.2) is 11.1 Å². The average molecular weight is 257 g/mol. The number of ether oxygens (including phenoxy) is 1. The monoisotopic (exact) mass is 257 g/mol. The number of aromatic nitrogens is 1. The van der Waals surface area contributed by atoms with Crippen molar-refractivity contribution in [3.8, 4) is 0 Å². The standard InChI is InChI=1S/C11H15NO4S/c1-10(13)15-7-2-3-8-16-17(14)11-5-4-6-12-9-11/h4-6,9H,2-3,7-8H2,1H3. The minimum absolute atomic E-state index is 0.287. The molecule has 0 fully saturated rings. The summed E-state index contributed by atoms with van der Waals surface area (Å²) in [6, 6.07) is 3.40. The van der Waals surface area contributed by atoms with Crippen LogP contribution in [-0.4, -0.2) is 28.4 Å². The highest BCUT2D eigenvalue weighted by Crippen LogP contribution is 2.05. The zero-order chi connectivity index (χ0) is 12.5. The lowest BCUT2D eigenvalue weighted by atomic mass is 10.3. The molecule has 0 aliphatic rings. The Kier molecular flexibility index (Phi) is 6.42. The molecule has 0 aliphatic heterocycles. The second-order valence-electron chi connectivity index (χ2n) is 3.29. The number of carbonyl (C=O) groups excluding carboxylic acids is 1. The highest BCUT2D eigenvalue weighted by molar-refractivity contribution is 7.80. The third-order valence-corrected chi connectivity index (χ3v) is 2.87. The molecule has 0 bridgehead atoms. The van der Waals surface area contributed by atoms with Crippen LogP contribution in [0.3, 0.4) is 0 Å². The molecule has 0 aliphatic carbocycles. The van der Waals surface area contributed by atoms with E-state index in [9.17, 15) is 9.00 Å². The van der Waals surface area contributed by atoms with Crippen LogP contribution in [0.5, 0.6) is 0 Å². The van der Waals surface area contributed by atoms with Crippen LogP contribution in [0.4, 0.5) is 0 Å². The third kappa shape index (κ3) is 6.13. The highest BCUT2D eigenvalue weighted by Gasteiger charge is 2.03. The maximum Gasteiger partial charge on any atom is 0.302 e. The van der Waals surface area contributed by atoms with E-state index in [0.29, 0.717) is 31.0 Å². The van der Waals surface area contributed by atoms with Gasteiger partial charge in [-0.15, -0.1) is 0 Å². The van der Waals surface area contributed by atoms with E-state index in [2.05, 4.69) is 4.98 Å². The second kappa shape index (κ2) is 7.92. The van der Waals surface area contributed by atoms with Crippen LogP contribution in [0.2, 0.25) is 0 Å². The fraction of sp³-hybridized carbons (Fsp3) is 0.455. The van der Waals surface area contributed by atoms with Gasteiger partial charge in [-0.3, -0.25) is 14.0 Å². The number of esters is 1. The fourth-order valence-electron chi connectivity index (χ4n) is 1.07. The lowest BCUT2D eigenvalue weighted by Gasteiger charge is -2.03. The zero-order valence-corrected chi connectivity index (χ0v) is 10.4. The number of unbranched alkanes of at least 4 members (excludes halogenated alkanes) is 1. The predicted molar refractivity (Wildman–Crippen MR) is 62.5 cm³/mol. The maximum atomic E-state index is 11.5. The fourth-order valence-corrected chi connectivity index (χ4v) is 1.81. The van der Waals surface area contributed by atoms with Crippen molar-refractivity contribution in [2.24, 2.45) is 0 Å². The van der Waals surface area contributed by atoms with Crippen LogP contribution < -0.4 is 0 Å². The number of nitrogens with zero attached hydrogens (tertiary/aromatic N) is 1. The van der Waals surface area contributed by atoms with E-state index in [1.807, 2.05) is 0 Å². The first-order valence-corrected chi connectivity index (χ1v) is 6.36. The molecule has 0 spiro atoms. The largest absolute Gasteiger partial charge is 0.466 e. The summed E-state index contributed by atoms with van der Waals surface area (Å²) in [6.45, 7) is 2.11. The highest BCUT2D eigenvalue weighted by atomic mass is 32.2. The summed E-state index contributed by atoms with van der Waals surface area (Å²) in [4.78, 5) is 14.9. The Morgan fingerprint density at radius 2 is 2.18 bits per heavy atom. The maximum absolute atomic E-state index is 11.5. The Balaban J connectivity index is 2.11. The summed E-state index contributed by atoms with van der Waals surface area (Å²) >= 11 is -1.47. The van der Waals surface area contributed by atoms with E-state index in [-0.39, 0.29) is 5.97 Å². The molecular formula is C11H15NO4S. The number of pyridine rings is 1. The minimum Gasteiger partial charge on any atom is -0.466 e. The van der Waals surface area contributed by atoms with Gasteiger partial charge in [0, 0.05) is 19.3 Å². The molecular weight excluding hydrogens is 242 g/mol. The van der Waals surface area contributed by atoms with Crippen molar-refractivity contribution < 1.29 is 17.9 Å². The first-order valence-electron chi connectivity index (χ1n) is 5.28. The average Bonchev–Trinajstić information content (AvgIpc) is 2.34. The van der Waals surface area contributed by atoms with Crippen LogP contribution in [0, 0.1) is 0 Å². The van der Waals surface area contributed by atoms with Crippen LogP contribution in [-0.2, 0) is 24.8 Å². The summed E-state index contributed by atoms with van der Waals surface area (Å²) in [5.41, 5.74) is 0. The Bertz CT molecular complexity index is 369. The first-order chi connectivity index (χ1) is 8.20. The normalized spacial score (nSPS) is 12.1. The lowest BCUT2D eigenvalue weighted by molar-refractivity contribution is -0.141. The van der Waals surface area contributed by atoms with Gasteiger partial charge >= 0.3 is 5.97 Å². The van der Waals surface area contributed by atoms with Gasteiger partial charge in [-0.25, -0.2) is 4.21 Å². The Labute approximate surface area is 103 Å². The van der Waals surface area contributed by atoms with Gasteiger partial charge in [-0.2, -0.15) is 0 Å². The second-order valence-corrected chi connectivity index (χ2v) is 4.47. The number of rotatable bonds is 7. The van der Waals surface area contributed by atoms with Gasteiger partial charge in [0.1, 0.15) is 0 Å². The van der Waals surface area contributed by atoms with Gasteiger partial charge in [0.05, 0.1) is 18.1 Å². The van der Waals surface area contributed by atoms with E-state index in [0.717, 1.165) is 0 Å². The van der Waals surface area contributed by atoms with Crippen molar-refractivity contribution in [3.63, 3.8) is 0 Å². The molecule has 0 saturated heterocycles. The van der Waals surface area contributed by atoms with E-state index >= 15 is 0 Å². The van der Waals surface area contributed by atoms with E-state index in [1.54, 1.807) is 18.3 Å². The van der Waals surface area contributed by atoms with Gasteiger partial charge in [0.2, 0.25) is 0 Å². The number of hydrogen-bond acceptors (Lipinski definition) is 5. The topological polar surface area (TPSA) is 65.5 Å². The van der Waals surface area contributed by atoms with Gasteiger partial charge in [0.25, 0.3) is 0 Å². The molecule has 0 saturated carbocycles. The Morgan fingerprint density at radius 1 is 1.41 bits per heavy atom. The number of hydrogen-bond donors (Lipinski definition) is 0. The molecule has 1 atom stereocenters.